The minimum Gasteiger partial charge on any atom is -0.381 e. The first-order chi connectivity index (χ1) is 7.65. The van der Waals surface area contributed by atoms with Crippen molar-refractivity contribution in [2.24, 2.45) is 5.73 Å². The van der Waals surface area contributed by atoms with Gasteiger partial charge in [-0.3, -0.25) is 0 Å². The molecular weight excluding hydrogens is 210 g/mol. The van der Waals surface area contributed by atoms with Crippen molar-refractivity contribution >= 4 is 5.69 Å². The quantitative estimate of drug-likeness (QED) is 0.813. The van der Waals surface area contributed by atoms with Crippen molar-refractivity contribution in [1.82, 2.24) is 0 Å². The summed E-state index contributed by atoms with van der Waals surface area (Å²) in [6, 6.07) is 3.65. The average molecular weight is 226 g/mol. The lowest BCUT2D eigenvalue weighted by atomic mass is 9.91. The Morgan fingerprint density at radius 3 is 2.31 bits per heavy atom. The second-order valence-corrected chi connectivity index (χ2v) is 4.36. The molecule has 2 atom stereocenters. The summed E-state index contributed by atoms with van der Waals surface area (Å²) < 4.78 is 25.9. The summed E-state index contributed by atoms with van der Waals surface area (Å²) in [6.07, 6.45) is 4.18. The molecule has 0 amide bonds. The van der Waals surface area contributed by atoms with Crippen molar-refractivity contribution in [2.75, 3.05) is 5.32 Å². The van der Waals surface area contributed by atoms with Crippen molar-refractivity contribution in [1.29, 1.82) is 0 Å². The minimum absolute atomic E-state index is 0.0695. The zero-order valence-corrected chi connectivity index (χ0v) is 9.05. The third-order valence-corrected chi connectivity index (χ3v) is 3.03. The Labute approximate surface area is 93.8 Å². The van der Waals surface area contributed by atoms with Crippen LogP contribution in [0.15, 0.2) is 18.2 Å². The first-order valence-corrected chi connectivity index (χ1v) is 5.63. The Morgan fingerprint density at radius 1 is 1.06 bits per heavy atom. The highest BCUT2D eigenvalue weighted by Gasteiger charge is 2.21. The Hall–Kier alpha value is -1.16. The molecule has 0 aliphatic heterocycles. The smallest absolute Gasteiger partial charge is 0.128 e. The molecule has 0 bridgehead atoms. The van der Waals surface area contributed by atoms with Gasteiger partial charge in [0, 0.05) is 23.8 Å². The maximum Gasteiger partial charge on any atom is 0.128 e. The Kier molecular flexibility index (Phi) is 3.39. The summed E-state index contributed by atoms with van der Waals surface area (Å²) in [4.78, 5) is 0. The van der Waals surface area contributed by atoms with Gasteiger partial charge in [-0.2, -0.15) is 0 Å². The number of hydrogen-bond donors (Lipinski definition) is 2. The Balaban J connectivity index is 2.07. The van der Waals surface area contributed by atoms with Gasteiger partial charge in [0.25, 0.3) is 0 Å². The molecule has 0 saturated heterocycles. The molecular formula is C12H16F2N2. The molecule has 1 aliphatic rings. The molecule has 88 valence electrons. The van der Waals surface area contributed by atoms with E-state index < -0.39 is 11.6 Å². The van der Waals surface area contributed by atoms with Gasteiger partial charge >= 0.3 is 0 Å². The van der Waals surface area contributed by atoms with E-state index in [1.54, 1.807) is 0 Å². The lowest BCUT2D eigenvalue weighted by molar-refractivity contribution is 0.404. The van der Waals surface area contributed by atoms with Crippen molar-refractivity contribution in [3.05, 3.63) is 29.8 Å². The largest absolute Gasteiger partial charge is 0.381 e. The van der Waals surface area contributed by atoms with Crippen molar-refractivity contribution in [3.63, 3.8) is 0 Å². The standard InChI is InChI=1S/C12H16F2N2/c13-8-5-9(14)7-10(6-8)16-12-4-2-1-3-11(12)15/h5-7,11-12,16H,1-4,15H2. The molecule has 4 heteroatoms. The highest BCUT2D eigenvalue weighted by Crippen LogP contribution is 2.22. The van der Waals surface area contributed by atoms with Gasteiger partial charge < -0.3 is 11.1 Å². The van der Waals surface area contributed by atoms with Crippen LogP contribution >= 0.6 is 0 Å². The summed E-state index contributed by atoms with van der Waals surface area (Å²) >= 11 is 0. The van der Waals surface area contributed by atoms with E-state index in [0.29, 0.717) is 5.69 Å². The fourth-order valence-corrected chi connectivity index (χ4v) is 2.19. The number of nitrogens with one attached hydrogen (secondary N) is 1. The minimum atomic E-state index is -0.563. The Morgan fingerprint density at radius 2 is 1.69 bits per heavy atom. The van der Waals surface area contributed by atoms with Gasteiger partial charge in [-0.25, -0.2) is 8.78 Å². The van der Waals surface area contributed by atoms with Crippen LogP contribution in [0.3, 0.4) is 0 Å². The molecule has 1 aliphatic carbocycles. The summed E-state index contributed by atoms with van der Waals surface area (Å²) in [6.45, 7) is 0. The number of hydrogen-bond acceptors (Lipinski definition) is 2. The predicted octanol–water partition coefficient (Wildman–Crippen LogP) is 2.65. The third kappa shape index (κ3) is 2.70. The molecule has 0 aromatic heterocycles. The maximum absolute atomic E-state index is 13.0. The van der Waals surface area contributed by atoms with Crippen LogP contribution in [0, 0.1) is 11.6 Å². The zero-order chi connectivity index (χ0) is 11.5. The van der Waals surface area contributed by atoms with E-state index in [1.165, 1.54) is 12.1 Å². The first kappa shape index (κ1) is 11.3. The van der Waals surface area contributed by atoms with Crippen molar-refractivity contribution in [2.45, 2.75) is 37.8 Å². The highest BCUT2D eigenvalue weighted by atomic mass is 19.1. The van der Waals surface area contributed by atoms with Gasteiger partial charge in [0.1, 0.15) is 11.6 Å². The van der Waals surface area contributed by atoms with E-state index in [4.69, 9.17) is 5.73 Å². The second-order valence-electron chi connectivity index (χ2n) is 4.36. The van der Waals surface area contributed by atoms with Gasteiger partial charge in [0.05, 0.1) is 0 Å². The monoisotopic (exact) mass is 226 g/mol. The number of nitrogens with two attached hydrogens (primary N) is 1. The normalized spacial score (nSPS) is 25.4. The molecule has 2 unspecified atom stereocenters. The fraction of sp³-hybridized carbons (Fsp3) is 0.500. The topological polar surface area (TPSA) is 38.0 Å². The van der Waals surface area contributed by atoms with Crippen LogP contribution in [-0.4, -0.2) is 12.1 Å². The summed E-state index contributed by atoms with van der Waals surface area (Å²) in [7, 11) is 0. The van der Waals surface area contributed by atoms with Crippen LogP contribution in [0.25, 0.3) is 0 Å². The molecule has 0 heterocycles. The van der Waals surface area contributed by atoms with Crippen LogP contribution < -0.4 is 11.1 Å². The molecule has 2 nitrogen and oxygen atoms in total. The summed E-state index contributed by atoms with van der Waals surface area (Å²) in [5, 5.41) is 3.11. The van der Waals surface area contributed by atoms with Gasteiger partial charge in [-0.1, -0.05) is 12.8 Å². The first-order valence-electron chi connectivity index (χ1n) is 5.63. The average Bonchev–Trinajstić information content (AvgIpc) is 2.20. The van der Waals surface area contributed by atoms with Crippen LogP contribution in [0.4, 0.5) is 14.5 Å². The highest BCUT2D eigenvalue weighted by molar-refractivity contribution is 5.45. The third-order valence-electron chi connectivity index (χ3n) is 3.03. The second kappa shape index (κ2) is 4.78. The van der Waals surface area contributed by atoms with E-state index in [1.807, 2.05) is 0 Å². The molecule has 1 saturated carbocycles. The van der Waals surface area contributed by atoms with E-state index in [0.717, 1.165) is 31.7 Å². The van der Waals surface area contributed by atoms with Gasteiger partial charge in [0.2, 0.25) is 0 Å². The molecule has 0 spiro atoms. The molecule has 2 rings (SSSR count). The molecule has 1 aromatic rings. The van der Waals surface area contributed by atoms with Crippen LogP contribution in [0.5, 0.6) is 0 Å². The van der Waals surface area contributed by atoms with Gasteiger partial charge in [0.15, 0.2) is 0 Å². The Bertz CT molecular complexity index is 348. The lowest BCUT2D eigenvalue weighted by Crippen LogP contribution is -2.42. The van der Waals surface area contributed by atoms with E-state index in [9.17, 15) is 8.78 Å². The van der Waals surface area contributed by atoms with Gasteiger partial charge in [-0.15, -0.1) is 0 Å². The maximum atomic E-state index is 13.0. The summed E-state index contributed by atoms with van der Waals surface area (Å²) in [5.74, 6) is -1.13. The molecule has 1 fully saturated rings. The van der Waals surface area contributed by atoms with Crippen molar-refractivity contribution in [3.8, 4) is 0 Å². The van der Waals surface area contributed by atoms with Crippen LogP contribution in [-0.2, 0) is 0 Å². The SMILES string of the molecule is NC1CCCCC1Nc1cc(F)cc(F)c1. The predicted molar refractivity (Wildman–Crippen MR) is 60.2 cm³/mol. The lowest BCUT2D eigenvalue weighted by Gasteiger charge is -2.30. The van der Waals surface area contributed by atoms with Crippen molar-refractivity contribution < 1.29 is 8.78 Å². The summed E-state index contributed by atoms with van der Waals surface area (Å²) in [5.41, 5.74) is 6.43. The van der Waals surface area contributed by atoms with Gasteiger partial charge in [-0.05, 0) is 25.0 Å². The van der Waals surface area contributed by atoms with Crippen LogP contribution in [0.1, 0.15) is 25.7 Å². The molecule has 16 heavy (non-hydrogen) atoms. The molecule has 3 N–H and O–H groups in total. The number of anilines is 1. The molecule has 0 radical (unpaired) electrons. The number of benzene rings is 1. The number of halogens is 2. The zero-order valence-electron chi connectivity index (χ0n) is 9.05. The van der Waals surface area contributed by atoms with E-state index >= 15 is 0 Å². The fourth-order valence-electron chi connectivity index (χ4n) is 2.19. The van der Waals surface area contributed by atoms with Crippen LogP contribution in [0.2, 0.25) is 0 Å². The molecule has 1 aromatic carbocycles. The van der Waals surface area contributed by atoms with E-state index in [2.05, 4.69) is 5.32 Å². The number of rotatable bonds is 2. The van der Waals surface area contributed by atoms with E-state index in [-0.39, 0.29) is 12.1 Å².